The molecule has 8 heteroatoms. The lowest BCUT2D eigenvalue weighted by atomic mass is 10.2. The highest BCUT2D eigenvalue weighted by atomic mass is 35.5. The Morgan fingerprint density at radius 3 is 2.42 bits per heavy atom. The third-order valence-electron chi connectivity index (χ3n) is 3.99. The monoisotopic (exact) mass is 374 g/mol. The van der Waals surface area contributed by atoms with Gasteiger partial charge in [-0.2, -0.15) is 4.31 Å². The minimum Gasteiger partial charge on any atom is -0.492 e. The first kappa shape index (κ1) is 19.0. The SMILES string of the molecule is CCCOc1cc(C)c(Cl)cc1S(=O)(=O)N1CCN(C(C)=O)CC1. The molecular formula is C16H23ClN2O4S. The van der Waals surface area contributed by atoms with Crippen molar-refractivity contribution >= 4 is 27.5 Å². The van der Waals surface area contributed by atoms with Crippen molar-refractivity contribution in [2.24, 2.45) is 0 Å². The summed E-state index contributed by atoms with van der Waals surface area (Å²) >= 11 is 6.14. The van der Waals surface area contributed by atoms with E-state index >= 15 is 0 Å². The highest BCUT2D eigenvalue weighted by Gasteiger charge is 2.32. The van der Waals surface area contributed by atoms with Crippen LogP contribution >= 0.6 is 11.6 Å². The van der Waals surface area contributed by atoms with Crippen LogP contribution in [0.5, 0.6) is 5.75 Å². The number of amides is 1. The van der Waals surface area contributed by atoms with Crippen molar-refractivity contribution in [2.45, 2.75) is 32.1 Å². The van der Waals surface area contributed by atoms with Crippen LogP contribution < -0.4 is 4.74 Å². The number of ether oxygens (including phenoxy) is 1. The molecule has 0 atom stereocenters. The van der Waals surface area contributed by atoms with Crippen LogP contribution in [0.1, 0.15) is 25.8 Å². The molecule has 0 unspecified atom stereocenters. The predicted molar refractivity (Wildman–Crippen MR) is 93.0 cm³/mol. The number of aryl methyl sites for hydroxylation is 1. The van der Waals surface area contributed by atoms with E-state index in [4.69, 9.17) is 16.3 Å². The lowest BCUT2D eigenvalue weighted by molar-refractivity contribution is -0.129. The van der Waals surface area contributed by atoms with E-state index in [9.17, 15) is 13.2 Å². The molecule has 1 saturated heterocycles. The van der Waals surface area contributed by atoms with Crippen molar-refractivity contribution < 1.29 is 17.9 Å². The normalized spacial score (nSPS) is 16.2. The summed E-state index contributed by atoms with van der Waals surface area (Å²) in [7, 11) is -3.73. The van der Waals surface area contributed by atoms with Gasteiger partial charge in [-0.25, -0.2) is 8.42 Å². The number of nitrogens with zero attached hydrogens (tertiary/aromatic N) is 2. The maximum atomic E-state index is 13.0. The smallest absolute Gasteiger partial charge is 0.246 e. The number of carbonyl (C=O) groups excluding carboxylic acids is 1. The highest BCUT2D eigenvalue weighted by molar-refractivity contribution is 7.89. The van der Waals surface area contributed by atoms with Gasteiger partial charge in [0.1, 0.15) is 10.6 Å². The molecular weight excluding hydrogens is 352 g/mol. The van der Waals surface area contributed by atoms with E-state index in [2.05, 4.69) is 0 Å². The van der Waals surface area contributed by atoms with Crippen molar-refractivity contribution in [2.75, 3.05) is 32.8 Å². The highest BCUT2D eigenvalue weighted by Crippen LogP contribution is 2.32. The van der Waals surface area contributed by atoms with Crippen LogP contribution in [0.4, 0.5) is 0 Å². The van der Waals surface area contributed by atoms with Crippen LogP contribution in [0.2, 0.25) is 5.02 Å². The molecule has 0 aliphatic carbocycles. The maximum Gasteiger partial charge on any atom is 0.246 e. The number of halogens is 1. The first-order valence-corrected chi connectivity index (χ1v) is 9.77. The van der Waals surface area contributed by atoms with Gasteiger partial charge in [0.25, 0.3) is 0 Å². The van der Waals surface area contributed by atoms with E-state index < -0.39 is 10.0 Å². The molecule has 0 radical (unpaired) electrons. The van der Waals surface area contributed by atoms with E-state index in [0.717, 1.165) is 12.0 Å². The Labute approximate surface area is 148 Å². The number of sulfonamides is 1. The average Bonchev–Trinajstić information content (AvgIpc) is 2.55. The zero-order valence-corrected chi connectivity index (χ0v) is 15.8. The number of hydrogen-bond acceptors (Lipinski definition) is 4. The molecule has 134 valence electrons. The van der Waals surface area contributed by atoms with Gasteiger partial charge in [0.2, 0.25) is 15.9 Å². The Kier molecular flexibility index (Phi) is 6.11. The second-order valence-electron chi connectivity index (χ2n) is 5.81. The Bertz CT molecular complexity index is 713. The number of piperazine rings is 1. The standard InChI is InChI=1S/C16H23ClN2O4S/c1-4-9-23-15-10-12(2)14(17)11-16(15)24(21,22)19-7-5-18(6-8-19)13(3)20/h10-11H,4-9H2,1-3H3. The van der Waals surface area contributed by atoms with Gasteiger partial charge in [0, 0.05) is 38.1 Å². The Morgan fingerprint density at radius 2 is 1.88 bits per heavy atom. The fourth-order valence-corrected chi connectivity index (χ4v) is 4.34. The predicted octanol–water partition coefficient (Wildman–Crippen LogP) is 2.29. The quantitative estimate of drug-likeness (QED) is 0.793. The largest absolute Gasteiger partial charge is 0.492 e. The first-order chi connectivity index (χ1) is 11.3. The summed E-state index contributed by atoms with van der Waals surface area (Å²) in [5.74, 6) is 0.283. The van der Waals surface area contributed by atoms with E-state index in [1.807, 2.05) is 13.8 Å². The van der Waals surface area contributed by atoms with E-state index in [1.54, 1.807) is 11.0 Å². The van der Waals surface area contributed by atoms with Gasteiger partial charge in [-0.05, 0) is 31.0 Å². The van der Waals surface area contributed by atoms with E-state index in [0.29, 0.717) is 30.5 Å². The Morgan fingerprint density at radius 1 is 1.25 bits per heavy atom. The molecule has 0 bridgehead atoms. The summed E-state index contributed by atoms with van der Waals surface area (Å²) in [5.41, 5.74) is 0.767. The summed E-state index contributed by atoms with van der Waals surface area (Å²) in [6.07, 6.45) is 0.776. The van der Waals surface area contributed by atoms with Crippen LogP contribution in [0.3, 0.4) is 0 Å². The molecule has 0 saturated carbocycles. The Hall–Kier alpha value is -1.31. The molecule has 0 N–H and O–H groups in total. The van der Waals surface area contributed by atoms with Crippen LogP contribution in [0, 0.1) is 6.92 Å². The van der Waals surface area contributed by atoms with Crippen molar-refractivity contribution in [3.63, 3.8) is 0 Å². The van der Waals surface area contributed by atoms with Crippen molar-refractivity contribution in [3.8, 4) is 5.75 Å². The second-order valence-corrected chi connectivity index (χ2v) is 8.12. The van der Waals surface area contributed by atoms with Crippen LogP contribution in [-0.2, 0) is 14.8 Å². The molecule has 1 aromatic rings. The third-order valence-corrected chi connectivity index (χ3v) is 6.32. The first-order valence-electron chi connectivity index (χ1n) is 7.96. The van der Waals surface area contributed by atoms with Crippen LogP contribution in [0.15, 0.2) is 17.0 Å². The number of rotatable bonds is 5. The molecule has 1 aromatic carbocycles. The van der Waals surface area contributed by atoms with Gasteiger partial charge in [-0.1, -0.05) is 18.5 Å². The topological polar surface area (TPSA) is 66.9 Å². The maximum absolute atomic E-state index is 13.0. The minimum atomic E-state index is -3.73. The molecule has 2 rings (SSSR count). The molecule has 24 heavy (non-hydrogen) atoms. The molecule has 1 fully saturated rings. The van der Waals surface area contributed by atoms with Crippen molar-refractivity contribution in [1.82, 2.24) is 9.21 Å². The zero-order chi connectivity index (χ0) is 17.9. The summed E-state index contributed by atoms with van der Waals surface area (Å²) < 4.78 is 33.0. The van der Waals surface area contributed by atoms with Gasteiger partial charge in [0.05, 0.1) is 6.61 Å². The minimum absolute atomic E-state index is 0.0441. The summed E-state index contributed by atoms with van der Waals surface area (Å²) in [4.78, 5) is 13.1. The van der Waals surface area contributed by atoms with Gasteiger partial charge in [0.15, 0.2) is 0 Å². The lowest BCUT2D eigenvalue weighted by Crippen LogP contribution is -2.49. The summed E-state index contributed by atoms with van der Waals surface area (Å²) in [6, 6.07) is 3.12. The van der Waals surface area contributed by atoms with Crippen LogP contribution in [0.25, 0.3) is 0 Å². The van der Waals surface area contributed by atoms with E-state index in [-0.39, 0.29) is 23.9 Å². The third kappa shape index (κ3) is 4.02. The van der Waals surface area contributed by atoms with Gasteiger partial charge in [-0.3, -0.25) is 4.79 Å². The average molecular weight is 375 g/mol. The molecule has 1 amide bonds. The fraction of sp³-hybridized carbons (Fsp3) is 0.562. The van der Waals surface area contributed by atoms with Gasteiger partial charge in [-0.15, -0.1) is 0 Å². The summed E-state index contributed by atoms with van der Waals surface area (Å²) in [5, 5.41) is 0.389. The number of carbonyl (C=O) groups is 1. The summed E-state index contributed by atoms with van der Waals surface area (Å²) in [6.45, 7) is 6.99. The molecule has 1 heterocycles. The molecule has 0 aromatic heterocycles. The molecule has 0 spiro atoms. The van der Waals surface area contributed by atoms with Crippen molar-refractivity contribution in [3.05, 3.63) is 22.7 Å². The lowest BCUT2D eigenvalue weighted by Gasteiger charge is -2.33. The second kappa shape index (κ2) is 7.72. The van der Waals surface area contributed by atoms with Gasteiger partial charge < -0.3 is 9.64 Å². The number of benzene rings is 1. The molecule has 1 aliphatic heterocycles. The number of hydrogen-bond donors (Lipinski definition) is 0. The zero-order valence-electron chi connectivity index (χ0n) is 14.2. The Balaban J connectivity index is 2.32. The molecule has 6 nitrogen and oxygen atoms in total. The van der Waals surface area contributed by atoms with E-state index in [1.165, 1.54) is 17.3 Å². The van der Waals surface area contributed by atoms with Crippen LogP contribution in [-0.4, -0.2) is 56.3 Å². The van der Waals surface area contributed by atoms with Gasteiger partial charge >= 0.3 is 0 Å². The van der Waals surface area contributed by atoms with Crippen molar-refractivity contribution in [1.29, 1.82) is 0 Å². The molecule has 1 aliphatic rings. The fourth-order valence-electron chi connectivity index (χ4n) is 2.55.